The first-order chi connectivity index (χ1) is 9.02. The number of methoxy groups -OCH3 is 1. The lowest BCUT2D eigenvalue weighted by Gasteiger charge is -2.15. The molecule has 5 nitrogen and oxygen atoms in total. The highest BCUT2D eigenvalue weighted by Gasteiger charge is 2.34. The van der Waals surface area contributed by atoms with Gasteiger partial charge in [-0.3, -0.25) is 9.59 Å². The molecule has 2 heterocycles. The zero-order valence-electron chi connectivity index (χ0n) is 10.5. The molecule has 0 radical (unpaired) electrons. The van der Waals surface area contributed by atoms with Gasteiger partial charge in [-0.15, -0.1) is 11.3 Å². The van der Waals surface area contributed by atoms with E-state index < -0.39 is 5.97 Å². The summed E-state index contributed by atoms with van der Waals surface area (Å²) in [7, 11) is 1.31. The lowest BCUT2D eigenvalue weighted by molar-refractivity contribution is -0.117. The fourth-order valence-corrected chi connectivity index (χ4v) is 3.79. The molecule has 1 aromatic heterocycles. The van der Waals surface area contributed by atoms with Gasteiger partial charge in [0.2, 0.25) is 5.91 Å². The number of thioether (sulfide) groups is 1. The maximum Gasteiger partial charge on any atom is 0.340 e. The minimum absolute atomic E-state index is 0.000907. The van der Waals surface area contributed by atoms with Crippen molar-refractivity contribution in [2.45, 2.75) is 18.6 Å². The molecule has 1 saturated heterocycles. The average molecular weight is 299 g/mol. The van der Waals surface area contributed by atoms with Crippen LogP contribution in [0.5, 0.6) is 0 Å². The van der Waals surface area contributed by atoms with Crippen molar-refractivity contribution in [3.8, 4) is 0 Å². The molecule has 0 aliphatic carbocycles. The van der Waals surface area contributed by atoms with Crippen LogP contribution in [0, 0.1) is 0 Å². The van der Waals surface area contributed by atoms with Crippen LogP contribution < -0.4 is 4.90 Å². The highest BCUT2D eigenvalue weighted by molar-refractivity contribution is 8.14. The second-order valence-corrected chi connectivity index (χ2v) is 6.44. The maximum absolute atomic E-state index is 12.0. The molecular weight excluding hydrogens is 286 g/mol. The molecule has 0 bridgehead atoms. The fourth-order valence-electron chi connectivity index (χ4n) is 1.96. The largest absolute Gasteiger partial charge is 0.465 e. The SMILES string of the molecule is COC(=O)c1ccsc1N1CC(SC(C)=O)CC1=O. The Labute approximate surface area is 118 Å². The summed E-state index contributed by atoms with van der Waals surface area (Å²) in [5.74, 6) is -0.516. The summed E-state index contributed by atoms with van der Waals surface area (Å²) in [6, 6.07) is 1.64. The van der Waals surface area contributed by atoms with Gasteiger partial charge in [0.05, 0.1) is 12.7 Å². The predicted molar refractivity (Wildman–Crippen MR) is 74.7 cm³/mol. The van der Waals surface area contributed by atoms with Crippen LogP contribution in [0.25, 0.3) is 0 Å². The van der Waals surface area contributed by atoms with Crippen LogP contribution in [0.1, 0.15) is 23.7 Å². The Kier molecular flexibility index (Phi) is 4.26. The third-order valence-corrected chi connectivity index (χ3v) is 4.63. The van der Waals surface area contributed by atoms with E-state index >= 15 is 0 Å². The summed E-state index contributed by atoms with van der Waals surface area (Å²) in [4.78, 5) is 36.2. The molecule has 1 aliphatic heterocycles. The standard InChI is InChI=1S/C12H13NO4S2/c1-7(14)19-8-5-10(15)13(6-8)11-9(3-4-18-11)12(16)17-2/h3-4,8H,5-6H2,1-2H3. The first-order valence-electron chi connectivity index (χ1n) is 5.66. The van der Waals surface area contributed by atoms with E-state index in [0.717, 1.165) is 0 Å². The second kappa shape index (κ2) is 5.75. The highest BCUT2D eigenvalue weighted by atomic mass is 32.2. The minimum Gasteiger partial charge on any atom is -0.465 e. The van der Waals surface area contributed by atoms with E-state index in [0.29, 0.717) is 23.5 Å². The summed E-state index contributed by atoms with van der Waals surface area (Å²) < 4.78 is 4.69. The summed E-state index contributed by atoms with van der Waals surface area (Å²) in [5, 5.41) is 2.31. The maximum atomic E-state index is 12.0. The van der Waals surface area contributed by atoms with Gasteiger partial charge in [-0.1, -0.05) is 11.8 Å². The predicted octanol–water partition coefficient (Wildman–Crippen LogP) is 1.92. The lowest BCUT2D eigenvalue weighted by atomic mass is 10.3. The van der Waals surface area contributed by atoms with Crippen LogP contribution in [0.15, 0.2) is 11.4 Å². The van der Waals surface area contributed by atoms with Crippen molar-refractivity contribution in [1.82, 2.24) is 0 Å². The number of esters is 1. The molecule has 0 N–H and O–H groups in total. The Morgan fingerprint density at radius 3 is 2.89 bits per heavy atom. The topological polar surface area (TPSA) is 63.7 Å². The molecule has 0 aromatic carbocycles. The van der Waals surface area contributed by atoms with Crippen molar-refractivity contribution >= 4 is 45.1 Å². The van der Waals surface area contributed by atoms with Gasteiger partial charge in [0.25, 0.3) is 0 Å². The molecule has 0 saturated carbocycles. The van der Waals surface area contributed by atoms with Gasteiger partial charge in [-0.25, -0.2) is 4.79 Å². The van der Waals surface area contributed by atoms with Gasteiger partial charge >= 0.3 is 5.97 Å². The van der Waals surface area contributed by atoms with Crippen molar-refractivity contribution in [3.63, 3.8) is 0 Å². The average Bonchev–Trinajstić information content (AvgIpc) is 2.93. The van der Waals surface area contributed by atoms with Crippen LogP contribution in [-0.2, 0) is 14.3 Å². The number of ether oxygens (including phenoxy) is 1. The molecule has 19 heavy (non-hydrogen) atoms. The number of anilines is 1. The zero-order valence-corrected chi connectivity index (χ0v) is 12.2. The summed E-state index contributed by atoms with van der Waals surface area (Å²) in [6.07, 6.45) is 0.322. The minimum atomic E-state index is -0.452. The number of carbonyl (C=O) groups excluding carboxylic acids is 3. The quantitative estimate of drug-likeness (QED) is 0.798. The number of carbonyl (C=O) groups is 3. The fraction of sp³-hybridized carbons (Fsp3) is 0.417. The van der Waals surface area contributed by atoms with E-state index in [9.17, 15) is 14.4 Å². The third kappa shape index (κ3) is 2.98. The first-order valence-corrected chi connectivity index (χ1v) is 7.42. The highest BCUT2D eigenvalue weighted by Crippen LogP contribution is 2.34. The van der Waals surface area contributed by atoms with Crippen molar-refractivity contribution in [3.05, 3.63) is 17.0 Å². The summed E-state index contributed by atoms with van der Waals surface area (Å²) >= 11 is 2.50. The molecule has 102 valence electrons. The Balaban J connectivity index is 2.19. The number of hydrogen-bond acceptors (Lipinski definition) is 6. The van der Waals surface area contributed by atoms with Crippen LogP contribution in [-0.4, -0.2) is 35.9 Å². The van der Waals surface area contributed by atoms with Gasteiger partial charge in [-0.05, 0) is 11.4 Å². The van der Waals surface area contributed by atoms with Crippen LogP contribution >= 0.6 is 23.1 Å². The molecule has 1 aromatic rings. The molecule has 1 atom stereocenters. The van der Waals surface area contributed by atoms with E-state index in [1.54, 1.807) is 16.3 Å². The van der Waals surface area contributed by atoms with Crippen LogP contribution in [0.3, 0.4) is 0 Å². The number of thiophene rings is 1. The van der Waals surface area contributed by atoms with Gasteiger partial charge in [-0.2, -0.15) is 0 Å². The molecule has 0 spiro atoms. The van der Waals surface area contributed by atoms with Crippen molar-refractivity contribution in [2.24, 2.45) is 0 Å². The zero-order chi connectivity index (χ0) is 14.0. The van der Waals surface area contributed by atoms with Crippen molar-refractivity contribution in [2.75, 3.05) is 18.6 Å². The van der Waals surface area contributed by atoms with Crippen LogP contribution in [0.4, 0.5) is 5.00 Å². The Bertz CT molecular complexity index is 526. The van der Waals surface area contributed by atoms with Crippen molar-refractivity contribution in [1.29, 1.82) is 0 Å². The van der Waals surface area contributed by atoms with E-state index in [-0.39, 0.29) is 16.3 Å². The second-order valence-electron chi connectivity index (χ2n) is 4.07. The first kappa shape index (κ1) is 14.1. The molecule has 1 unspecified atom stereocenters. The van der Waals surface area contributed by atoms with E-state index in [2.05, 4.69) is 0 Å². The number of nitrogens with zero attached hydrogens (tertiary/aromatic N) is 1. The van der Waals surface area contributed by atoms with Gasteiger partial charge in [0.15, 0.2) is 5.12 Å². The summed E-state index contributed by atoms with van der Waals surface area (Å²) in [6.45, 7) is 1.94. The molecule has 7 heteroatoms. The Morgan fingerprint density at radius 1 is 1.53 bits per heavy atom. The van der Waals surface area contributed by atoms with Crippen molar-refractivity contribution < 1.29 is 19.1 Å². The molecule has 1 amide bonds. The molecule has 1 fully saturated rings. The van der Waals surface area contributed by atoms with E-state index in [4.69, 9.17) is 4.74 Å². The number of amides is 1. The molecule has 2 rings (SSSR count). The normalized spacial score (nSPS) is 18.7. The molecular formula is C12H13NO4S2. The number of hydrogen-bond donors (Lipinski definition) is 0. The van der Waals surface area contributed by atoms with E-state index in [1.807, 2.05) is 0 Å². The van der Waals surface area contributed by atoms with Gasteiger partial charge in [0, 0.05) is 25.1 Å². The Morgan fingerprint density at radius 2 is 2.26 bits per heavy atom. The van der Waals surface area contributed by atoms with E-state index in [1.165, 1.54) is 37.1 Å². The lowest BCUT2D eigenvalue weighted by Crippen LogP contribution is -2.25. The van der Waals surface area contributed by atoms with Gasteiger partial charge in [0.1, 0.15) is 5.00 Å². The monoisotopic (exact) mass is 299 g/mol. The smallest absolute Gasteiger partial charge is 0.340 e. The van der Waals surface area contributed by atoms with Gasteiger partial charge < -0.3 is 9.64 Å². The van der Waals surface area contributed by atoms with Crippen LogP contribution in [0.2, 0.25) is 0 Å². The third-order valence-electron chi connectivity index (χ3n) is 2.72. The number of rotatable bonds is 3. The Hall–Kier alpha value is -1.34. The molecule has 1 aliphatic rings. The summed E-state index contributed by atoms with van der Waals surface area (Å²) in [5.41, 5.74) is 0.398.